The first-order valence-corrected chi connectivity index (χ1v) is 39.1. The smallest absolute Gasteiger partial charge is 0.415 e. The highest BCUT2D eigenvalue weighted by Crippen LogP contribution is 2.49. The molecule has 5 aromatic carbocycles. The van der Waals surface area contributed by atoms with Gasteiger partial charge in [-0.3, -0.25) is 24.0 Å². The Morgan fingerprint density at radius 3 is 1.65 bits per heavy atom. The Hall–Kier alpha value is -8.42. The second kappa shape index (κ2) is 43.7. The van der Waals surface area contributed by atoms with Crippen molar-refractivity contribution in [3.8, 4) is 11.5 Å². The number of urea groups is 1. The quantitative estimate of drug-likeness (QED) is 0.0146. The Kier molecular flexibility index (Phi) is 34.2. The molecule has 0 aliphatic carbocycles. The number of primary amides is 1. The second-order valence-electron chi connectivity index (χ2n) is 27.5. The Bertz CT molecular complexity index is 4140. The van der Waals surface area contributed by atoms with Gasteiger partial charge in [0.1, 0.15) is 42.5 Å². The van der Waals surface area contributed by atoms with Crippen LogP contribution in [0.15, 0.2) is 97.1 Å². The van der Waals surface area contributed by atoms with E-state index in [9.17, 15) is 58.8 Å². The van der Waals surface area contributed by atoms with E-state index in [1.807, 2.05) is 24.3 Å². The molecule has 0 unspecified atom stereocenters. The third kappa shape index (κ3) is 23.6. The molecule has 112 heavy (non-hydrogen) atoms. The maximum atomic E-state index is 14.8. The first-order chi connectivity index (χ1) is 54.0. The number of carbonyl (C=O) groups is 8. The number of ketones is 1. The fourth-order valence-electron chi connectivity index (χ4n) is 13.2. The average molecular weight is 1620 g/mol. The lowest BCUT2D eigenvalue weighted by atomic mass is 9.89. The number of Topliss-reactive ketones (excluding diaryl/α,β-unsaturated/α-hetero) is 1. The van der Waals surface area contributed by atoms with Gasteiger partial charge < -0.3 is 115 Å². The van der Waals surface area contributed by atoms with E-state index in [4.69, 9.17) is 82.0 Å². The van der Waals surface area contributed by atoms with Crippen molar-refractivity contribution < 1.29 is 106 Å². The molecule has 34 heteroatoms. The Morgan fingerprint density at radius 2 is 1.14 bits per heavy atom. The monoisotopic (exact) mass is 1620 g/mol. The Morgan fingerprint density at radius 1 is 0.643 bits per heavy atom. The predicted octanol–water partition coefficient (Wildman–Crippen LogP) is 6.45. The van der Waals surface area contributed by atoms with Crippen molar-refractivity contribution in [3.05, 3.63) is 124 Å². The standard InChI is InChI=1S/C78H101Cl2N9O22S/c1-47(2)68(85-65(92)21-26-102-28-30-104-32-34-106-36-37-107-35-33-105-31-29-103-27-22-81)59(91)38-49(10-9-23-83-76(82)99)72(96)84-52-17-15-48(16-18-52)46-108-77(100)86(3)24-25-87(4)78(101)111-61-40-58-67(56-14-8-6-12-54(56)61)51(42-80)44-89(58)74(98)64-20-19-63(112-64)73(97)88-43-50(41-79)66-55-13-7-5-11-53(55)60(39-57(66)88)109-75-71(95)70(94)69(93)62(45-90)110-75/h5-8,11-20,39-40,47,49-51,62,68-71,75,90,93-95H,9-10,21-38,41-46,81H2,1-4H3,(H,84,96)(H,85,92)(H3,82,83,99)/t49-,50-,51-,62-,68+,69+,70+,71-,75-/m1/s1. The number of thiophene rings is 1. The average Bonchev–Trinajstić information content (AvgIpc) is 1.57. The number of halogens is 2. The number of anilines is 3. The van der Waals surface area contributed by atoms with Crippen molar-refractivity contribution in [3.63, 3.8) is 0 Å². The molecule has 3 aliphatic rings. The van der Waals surface area contributed by atoms with Crippen molar-refractivity contribution in [2.45, 2.75) is 94.7 Å². The molecule has 1 fully saturated rings. The Labute approximate surface area is 663 Å². The van der Waals surface area contributed by atoms with Crippen molar-refractivity contribution in [2.24, 2.45) is 23.3 Å². The van der Waals surface area contributed by atoms with Crippen LogP contribution >= 0.6 is 34.5 Å². The van der Waals surface area contributed by atoms with Gasteiger partial charge >= 0.3 is 18.2 Å². The highest BCUT2D eigenvalue weighted by Gasteiger charge is 2.46. The third-order valence-corrected chi connectivity index (χ3v) is 21.0. The van der Waals surface area contributed by atoms with Crippen LogP contribution in [0.25, 0.3) is 21.5 Å². The maximum Gasteiger partial charge on any atom is 0.415 e. The largest absolute Gasteiger partial charge is 0.461 e. The molecule has 6 aromatic rings. The fourth-order valence-corrected chi connectivity index (χ4v) is 14.6. The zero-order valence-corrected chi connectivity index (χ0v) is 65.5. The van der Waals surface area contributed by atoms with Crippen LogP contribution in [0.1, 0.15) is 87.4 Å². The van der Waals surface area contributed by atoms with Gasteiger partial charge in [0.2, 0.25) is 18.1 Å². The maximum absolute atomic E-state index is 14.8. The molecule has 1 saturated heterocycles. The molecule has 9 rings (SSSR count). The van der Waals surface area contributed by atoms with E-state index in [-0.39, 0.29) is 135 Å². The molecule has 31 nitrogen and oxygen atoms in total. The number of ether oxygens (including phenoxy) is 10. The van der Waals surface area contributed by atoms with Crippen LogP contribution in [-0.2, 0) is 58.9 Å². The van der Waals surface area contributed by atoms with E-state index in [1.165, 1.54) is 23.9 Å². The summed E-state index contributed by atoms with van der Waals surface area (Å²) < 4.78 is 56.4. The fraction of sp³-hybridized carbons (Fsp3) is 0.513. The molecule has 8 amide bonds. The minimum Gasteiger partial charge on any atom is -0.461 e. The number of fused-ring (bicyclic) bond motifs is 6. The summed E-state index contributed by atoms with van der Waals surface area (Å²) in [7, 11) is 3.02. The van der Waals surface area contributed by atoms with Crippen LogP contribution in [0.2, 0.25) is 0 Å². The highest BCUT2D eigenvalue weighted by molar-refractivity contribution is 7.16. The van der Waals surface area contributed by atoms with Crippen molar-refractivity contribution >= 4 is 121 Å². The van der Waals surface area contributed by atoms with E-state index < -0.39 is 91.1 Å². The van der Waals surface area contributed by atoms with Crippen molar-refractivity contribution in [2.75, 3.05) is 166 Å². The van der Waals surface area contributed by atoms with Crippen LogP contribution in [0.4, 0.5) is 31.4 Å². The van der Waals surface area contributed by atoms with Crippen molar-refractivity contribution in [1.29, 1.82) is 0 Å². The number of amides is 8. The summed E-state index contributed by atoms with van der Waals surface area (Å²) in [6, 6.07) is 25.8. The van der Waals surface area contributed by atoms with Crippen LogP contribution in [0.3, 0.4) is 0 Å². The molecule has 0 radical (unpaired) electrons. The Balaban J connectivity index is 0.737. The number of likely N-dealkylation sites (N-methyl/N-ethyl adjacent to an activating group) is 2. The summed E-state index contributed by atoms with van der Waals surface area (Å²) in [6.07, 6.45) is -8.92. The number of rotatable bonds is 44. The summed E-state index contributed by atoms with van der Waals surface area (Å²) in [6.45, 7) is 8.27. The van der Waals surface area contributed by atoms with Gasteiger partial charge in [-0.05, 0) is 70.5 Å². The third-order valence-electron chi connectivity index (χ3n) is 19.2. The van der Waals surface area contributed by atoms with E-state index in [0.717, 1.165) is 22.5 Å². The molecular weight excluding hydrogens is 1520 g/mol. The number of aliphatic hydroxyl groups is 4. The zero-order valence-electron chi connectivity index (χ0n) is 63.1. The van der Waals surface area contributed by atoms with Gasteiger partial charge in [0.15, 0.2) is 5.78 Å². The normalized spacial score (nSPS) is 18.4. The first kappa shape index (κ1) is 87.5. The lowest BCUT2D eigenvalue weighted by molar-refractivity contribution is -0.277. The number of nitrogens with zero attached hydrogens (tertiary/aromatic N) is 4. The van der Waals surface area contributed by atoms with Crippen molar-refractivity contribution in [1.82, 2.24) is 20.4 Å². The first-order valence-electron chi connectivity index (χ1n) is 37.2. The number of aliphatic hydroxyl groups excluding tert-OH is 4. The molecule has 1 aromatic heterocycles. The molecular formula is C78H101Cl2N9O22S. The molecule has 610 valence electrons. The van der Waals surface area contributed by atoms with Gasteiger partial charge in [-0.2, -0.15) is 0 Å². The molecule has 0 saturated carbocycles. The number of nitrogens with one attached hydrogen (secondary N) is 3. The van der Waals surface area contributed by atoms with Crippen LogP contribution in [0.5, 0.6) is 11.5 Å². The number of nitrogens with two attached hydrogens (primary N) is 2. The summed E-state index contributed by atoms with van der Waals surface area (Å²) in [5, 5.41) is 52.6. The number of alkyl halides is 2. The highest BCUT2D eigenvalue weighted by atomic mass is 35.5. The summed E-state index contributed by atoms with van der Waals surface area (Å²) in [4.78, 5) is 115. The van der Waals surface area contributed by atoms with Crippen LogP contribution in [0, 0.1) is 11.8 Å². The van der Waals surface area contributed by atoms with Crippen LogP contribution in [-0.4, -0.2) is 266 Å². The number of benzene rings is 5. The van der Waals surface area contributed by atoms with Gasteiger partial charge in [0, 0.05) is 124 Å². The molecule has 11 N–H and O–H groups in total. The number of hydrogen-bond acceptors (Lipinski definition) is 24. The minimum absolute atomic E-state index is 0.0140. The number of carbonyl (C=O) groups excluding carboxylic acids is 8. The lowest BCUT2D eigenvalue weighted by Gasteiger charge is -2.39. The minimum atomic E-state index is -1.70. The predicted molar refractivity (Wildman–Crippen MR) is 419 cm³/mol. The van der Waals surface area contributed by atoms with E-state index in [1.54, 1.807) is 96.4 Å². The molecule has 4 heterocycles. The van der Waals surface area contributed by atoms with Gasteiger partial charge in [-0.25, -0.2) is 14.4 Å². The zero-order chi connectivity index (χ0) is 80.4. The second-order valence-corrected chi connectivity index (χ2v) is 29.2. The number of hydrogen-bond donors (Lipinski definition) is 9. The molecule has 0 bridgehead atoms. The summed E-state index contributed by atoms with van der Waals surface area (Å²) >= 11 is 14.3. The van der Waals surface area contributed by atoms with Crippen LogP contribution < -0.4 is 46.7 Å². The van der Waals surface area contributed by atoms with Gasteiger partial charge in [0.05, 0.1) is 113 Å². The van der Waals surface area contributed by atoms with E-state index in [0.29, 0.717) is 117 Å². The molecule has 9 atom stereocenters. The van der Waals surface area contributed by atoms with Gasteiger partial charge in [-0.15, -0.1) is 34.5 Å². The van der Waals surface area contributed by atoms with E-state index >= 15 is 0 Å². The topological polar surface area (TPSA) is 411 Å². The summed E-state index contributed by atoms with van der Waals surface area (Å²) in [5.41, 5.74) is 14.1. The molecule has 3 aliphatic heterocycles. The van der Waals surface area contributed by atoms with Gasteiger partial charge in [-0.1, -0.05) is 74.5 Å². The summed E-state index contributed by atoms with van der Waals surface area (Å²) in [5.74, 6) is -3.29. The van der Waals surface area contributed by atoms with Gasteiger partial charge in [0.25, 0.3) is 11.8 Å². The molecule has 0 spiro atoms. The van der Waals surface area contributed by atoms with E-state index in [2.05, 4.69) is 16.0 Å². The lowest BCUT2D eigenvalue weighted by Crippen LogP contribution is -2.60. The SMILES string of the molecule is CC(C)[C@H](NC(=O)CCOCCOCCOCCOCCOCCOCCN)C(=O)C[C@@H](CCCNC(N)=O)C(=O)Nc1ccc(COC(=O)N(C)CCN(C)C(=O)Oc2cc3c(c4ccccc24)[C@H](CCl)CN3C(=O)c2ccc(C(=O)N3C[C@@H](CCl)c4c3cc(O[C@@H]3O[C@H](CO)[C@H](O)[C@H](O)[C@H]3O)c3ccccc43)s2)cc1.